The number of aryl methyl sites for hydroxylation is 2. The molecule has 0 radical (unpaired) electrons. The van der Waals surface area contributed by atoms with Crippen LogP contribution >= 0.6 is 23.2 Å². The molecule has 12 heteroatoms. The Bertz CT molecular complexity index is 1620. The molecule has 248 valence electrons. The Morgan fingerprint density at radius 2 is 1.72 bits per heavy atom. The zero-order valence-electron chi connectivity index (χ0n) is 26.9. The monoisotopic (exact) mass is 671 g/mol. The molecule has 0 aliphatic heterocycles. The van der Waals surface area contributed by atoms with Crippen LogP contribution in [-0.2, 0) is 38.6 Å². The normalized spacial score (nSPS) is 18.5. The number of fused-ring (bicyclic) bond motifs is 3. The van der Waals surface area contributed by atoms with E-state index in [4.69, 9.17) is 33.7 Å². The molecule has 10 nitrogen and oxygen atoms in total. The van der Waals surface area contributed by atoms with E-state index in [0.717, 1.165) is 27.8 Å². The summed E-state index contributed by atoms with van der Waals surface area (Å²) in [7, 11) is 0. The molecule has 0 saturated heterocycles. The minimum absolute atomic E-state index is 0.0350. The quantitative estimate of drug-likeness (QED) is 0.172. The van der Waals surface area contributed by atoms with Gasteiger partial charge in [0.25, 0.3) is 0 Å². The standard InChI is InChI=1S/C34H43Cl2N5O5/c1-6-19(4)27(30(37)42)39-32(44)34(12-11-26-24(16-34)23-14-22(35)15-25(36)29(23)38-26)41-31(43)28(20(5)7-2)40-33(45)46-17-21-10-8-9-18(3)13-21/h8-10,13-15,19-20,27-28,38H,6-7,11-12,16-17H2,1-5H3,(H2,37,42)(H,39,44)(H,40,45)(H,41,43)/t19?,20?,27-,28-,34+/m0/s1. The van der Waals surface area contributed by atoms with E-state index in [-0.39, 0.29) is 31.3 Å². The van der Waals surface area contributed by atoms with Crippen molar-refractivity contribution in [1.29, 1.82) is 0 Å². The highest BCUT2D eigenvalue weighted by molar-refractivity contribution is 6.38. The van der Waals surface area contributed by atoms with Crippen molar-refractivity contribution in [3.8, 4) is 0 Å². The van der Waals surface area contributed by atoms with Crippen molar-refractivity contribution >= 4 is 57.9 Å². The Hall–Kier alpha value is -3.76. The van der Waals surface area contributed by atoms with Gasteiger partial charge in [0.2, 0.25) is 17.7 Å². The van der Waals surface area contributed by atoms with Crippen LogP contribution in [0.2, 0.25) is 10.0 Å². The van der Waals surface area contributed by atoms with Crippen LogP contribution in [0, 0.1) is 18.8 Å². The maximum atomic E-state index is 14.3. The third-order valence-electron chi connectivity index (χ3n) is 9.13. The van der Waals surface area contributed by atoms with Gasteiger partial charge in [0.05, 0.1) is 10.5 Å². The number of hydrogen-bond acceptors (Lipinski definition) is 5. The van der Waals surface area contributed by atoms with Gasteiger partial charge < -0.3 is 31.4 Å². The molecule has 0 fully saturated rings. The lowest BCUT2D eigenvalue weighted by atomic mass is 9.78. The molecule has 2 aromatic carbocycles. The van der Waals surface area contributed by atoms with Gasteiger partial charge in [-0.25, -0.2) is 4.79 Å². The number of ether oxygens (including phenoxy) is 1. The number of aromatic nitrogens is 1. The smallest absolute Gasteiger partial charge is 0.408 e. The number of carbonyl (C=O) groups excluding carboxylic acids is 4. The minimum Gasteiger partial charge on any atom is -0.445 e. The van der Waals surface area contributed by atoms with Gasteiger partial charge in [0.1, 0.15) is 24.2 Å². The predicted octanol–water partition coefficient (Wildman–Crippen LogP) is 5.48. The number of hydrogen-bond donors (Lipinski definition) is 5. The van der Waals surface area contributed by atoms with Crippen LogP contribution in [-0.4, -0.2) is 46.4 Å². The zero-order chi connectivity index (χ0) is 33.8. The molecule has 0 bridgehead atoms. The summed E-state index contributed by atoms with van der Waals surface area (Å²) in [6, 6.07) is 9.04. The van der Waals surface area contributed by atoms with E-state index in [1.54, 1.807) is 12.1 Å². The minimum atomic E-state index is -1.48. The second kappa shape index (κ2) is 14.8. The number of rotatable bonds is 12. The van der Waals surface area contributed by atoms with Crippen molar-refractivity contribution in [2.45, 2.75) is 91.0 Å². The lowest BCUT2D eigenvalue weighted by Gasteiger charge is -2.39. The van der Waals surface area contributed by atoms with Crippen LogP contribution < -0.4 is 21.7 Å². The summed E-state index contributed by atoms with van der Waals surface area (Å²) in [5, 5.41) is 10.2. The summed E-state index contributed by atoms with van der Waals surface area (Å²) in [4.78, 5) is 57.1. The third-order valence-corrected chi connectivity index (χ3v) is 9.64. The van der Waals surface area contributed by atoms with E-state index in [9.17, 15) is 19.2 Å². The number of primary amides is 1. The number of alkyl carbamates (subject to hydrolysis) is 1. The molecule has 1 aromatic heterocycles. The van der Waals surface area contributed by atoms with E-state index in [0.29, 0.717) is 34.8 Å². The third kappa shape index (κ3) is 7.78. The molecule has 0 spiro atoms. The fourth-order valence-electron chi connectivity index (χ4n) is 5.97. The van der Waals surface area contributed by atoms with Crippen LogP contribution in [0.5, 0.6) is 0 Å². The van der Waals surface area contributed by atoms with Crippen LogP contribution in [0.25, 0.3) is 10.9 Å². The molecule has 46 heavy (non-hydrogen) atoms. The lowest BCUT2D eigenvalue weighted by Crippen LogP contribution is -2.67. The van der Waals surface area contributed by atoms with E-state index in [2.05, 4.69) is 20.9 Å². The summed E-state index contributed by atoms with van der Waals surface area (Å²) < 4.78 is 5.46. The molecule has 4 rings (SSSR count). The highest BCUT2D eigenvalue weighted by atomic mass is 35.5. The number of amides is 4. The van der Waals surface area contributed by atoms with Crippen molar-refractivity contribution in [1.82, 2.24) is 20.9 Å². The van der Waals surface area contributed by atoms with Gasteiger partial charge >= 0.3 is 6.09 Å². The van der Waals surface area contributed by atoms with Crippen LogP contribution in [0.3, 0.4) is 0 Å². The van der Waals surface area contributed by atoms with E-state index < -0.39 is 41.4 Å². The first-order chi connectivity index (χ1) is 21.8. The number of nitrogens with two attached hydrogens (primary N) is 1. The molecule has 2 unspecified atom stereocenters. The first-order valence-electron chi connectivity index (χ1n) is 15.7. The first kappa shape index (κ1) is 35.1. The number of nitrogens with one attached hydrogen (secondary N) is 4. The Balaban J connectivity index is 1.66. The molecule has 1 aliphatic rings. The number of aromatic amines is 1. The molecule has 1 heterocycles. The van der Waals surface area contributed by atoms with Gasteiger partial charge in [-0.05, 0) is 54.9 Å². The fraction of sp³-hybridized carbons (Fsp3) is 0.471. The van der Waals surface area contributed by atoms with E-state index in [1.165, 1.54) is 0 Å². The Kier molecular flexibility index (Phi) is 11.3. The van der Waals surface area contributed by atoms with Gasteiger partial charge in [0, 0.05) is 22.5 Å². The Labute approximate surface area is 279 Å². The van der Waals surface area contributed by atoms with Gasteiger partial charge in [-0.15, -0.1) is 0 Å². The number of halogens is 2. The largest absolute Gasteiger partial charge is 0.445 e. The second-order valence-electron chi connectivity index (χ2n) is 12.5. The summed E-state index contributed by atoms with van der Waals surface area (Å²) in [5.41, 5.74) is 8.42. The first-order valence-corrected chi connectivity index (χ1v) is 16.4. The lowest BCUT2D eigenvalue weighted by molar-refractivity contribution is -0.137. The van der Waals surface area contributed by atoms with Gasteiger partial charge in [-0.2, -0.15) is 0 Å². The molecular weight excluding hydrogens is 629 g/mol. The van der Waals surface area contributed by atoms with Gasteiger partial charge in [0.15, 0.2) is 0 Å². The molecular formula is C34H43Cl2N5O5. The van der Waals surface area contributed by atoms with Crippen LogP contribution in [0.4, 0.5) is 4.79 Å². The average molecular weight is 673 g/mol. The highest BCUT2D eigenvalue weighted by Gasteiger charge is 2.46. The van der Waals surface area contributed by atoms with E-state index in [1.807, 2.05) is 58.9 Å². The van der Waals surface area contributed by atoms with Crippen LogP contribution in [0.15, 0.2) is 36.4 Å². The van der Waals surface area contributed by atoms with Crippen molar-refractivity contribution < 1.29 is 23.9 Å². The maximum Gasteiger partial charge on any atom is 0.408 e. The molecule has 4 amide bonds. The van der Waals surface area contributed by atoms with E-state index >= 15 is 0 Å². The average Bonchev–Trinajstić information content (AvgIpc) is 3.38. The Morgan fingerprint density at radius 3 is 2.37 bits per heavy atom. The highest BCUT2D eigenvalue weighted by Crippen LogP contribution is 2.38. The molecule has 3 aromatic rings. The summed E-state index contributed by atoms with van der Waals surface area (Å²) in [5.74, 6) is -2.29. The summed E-state index contributed by atoms with van der Waals surface area (Å²) in [6.07, 6.45) is 1.12. The van der Waals surface area contributed by atoms with Gasteiger partial charge in [-0.1, -0.05) is 93.6 Å². The Morgan fingerprint density at radius 1 is 1.02 bits per heavy atom. The number of H-pyrrole nitrogens is 1. The fourth-order valence-corrected chi connectivity index (χ4v) is 6.51. The predicted molar refractivity (Wildman–Crippen MR) is 180 cm³/mol. The topological polar surface area (TPSA) is 155 Å². The maximum absolute atomic E-state index is 14.3. The number of carbonyl (C=O) groups is 4. The van der Waals surface area contributed by atoms with Gasteiger partial charge in [-0.3, -0.25) is 14.4 Å². The van der Waals surface area contributed by atoms with Crippen molar-refractivity contribution in [2.75, 3.05) is 0 Å². The zero-order valence-corrected chi connectivity index (χ0v) is 28.4. The molecule has 0 saturated carbocycles. The van der Waals surface area contributed by atoms with Crippen molar-refractivity contribution in [2.24, 2.45) is 17.6 Å². The molecule has 5 atom stereocenters. The SMILES string of the molecule is CCC(C)[C@H](NC(=O)[C@@]1(NC(=O)[C@@H](NC(=O)OCc2cccc(C)c2)C(C)CC)CCc2[nH]c3c(Cl)cc(Cl)cc3c2C1)C(N)=O. The van der Waals surface area contributed by atoms with Crippen molar-refractivity contribution in [3.05, 3.63) is 68.8 Å². The van der Waals surface area contributed by atoms with Crippen molar-refractivity contribution in [3.63, 3.8) is 0 Å². The summed E-state index contributed by atoms with van der Waals surface area (Å²) >= 11 is 12.9. The van der Waals surface area contributed by atoms with Crippen LogP contribution in [0.1, 0.15) is 69.3 Å². The summed E-state index contributed by atoms with van der Waals surface area (Å²) in [6.45, 7) is 9.45. The number of benzene rings is 2. The molecule has 1 aliphatic carbocycles. The molecule has 6 N–H and O–H groups in total. The second-order valence-corrected chi connectivity index (χ2v) is 13.3.